The second-order valence-corrected chi connectivity index (χ2v) is 6.06. The number of halogens is 1. The van der Waals surface area contributed by atoms with Crippen molar-refractivity contribution in [3.8, 4) is 0 Å². The Morgan fingerprint density at radius 3 is 2.89 bits per heavy atom. The molecule has 1 N–H and O–H groups in total. The lowest BCUT2D eigenvalue weighted by molar-refractivity contribution is 0.501. The summed E-state index contributed by atoms with van der Waals surface area (Å²) >= 11 is 3.54. The molecule has 96 valence electrons. The van der Waals surface area contributed by atoms with E-state index >= 15 is 0 Å². The van der Waals surface area contributed by atoms with Gasteiger partial charge in [0, 0.05) is 35.3 Å². The lowest BCUT2D eigenvalue weighted by Gasteiger charge is -2.12. The average Bonchev–Trinajstić information content (AvgIpc) is 2.99. The molecular formula is C15H19BrN2. The fourth-order valence-corrected chi connectivity index (χ4v) is 3.22. The van der Waals surface area contributed by atoms with Crippen LogP contribution in [0.1, 0.15) is 25.7 Å². The molecular weight excluding hydrogens is 288 g/mol. The number of fused-ring (bicyclic) bond motifs is 1. The van der Waals surface area contributed by atoms with E-state index in [-0.39, 0.29) is 0 Å². The molecule has 0 saturated heterocycles. The molecule has 0 atom stereocenters. The molecule has 1 aromatic heterocycles. The number of nitrogens with zero attached hydrogens (tertiary/aromatic N) is 1. The zero-order chi connectivity index (χ0) is 12.4. The fraction of sp³-hybridized carbons (Fsp3) is 0.467. The summed E-state index contributed by atoms with van der Waals surface area (Å²) in [5, 5.41) is 4.99. The molecule has 1 aliphatic carbocycles. The molecule has 2 nitrogen and oxygen atoms in total. The van der Waals surface area contributed by atoms with Gasteiger partial charge in [-0.1, -0.05) is 34.8 Å². The number of aromatic nitrogens is 1. The molecule has 2 aromatic rings. The van der Waals surface area contributed by atoms with Crippen LogP contribution in [-0.2, 0) is 6.54 Å². The Bertz CT molecular complexity index is 526. The monoisotopic (exact) mass is 306 g/mol. The third kappa shape index (κ3) is 2.62. The Kier molecular flexibility index (Phi) is 3.71. The maximum absolute atomic E-state index is 3.67. The van der Waals surface area contributed by atoms with Gasteiger partial charge in [0.05, 0.1) is 0 Å². The molecule has 3 heteroatoms. The van der Waals surface area contributed by atoms with E-state index in [0.29, 0.717) is 0 Å². The van der Waals surface area contributed by atoms with Crippen LogP contribution >= 0.6 is 15.9 Å². The molecule has 0 amide bonds. The summed E-state index contributed by atoms with van der Waals surface area (Å²) in [7, 11) is 0. The van der Waals surface area contributed by atoms with Gasteiger partial charge in [0.2, 0.25) is 0 Å². The van der Waals surface area contributed by atoms with E-state index in [1.165, 1.54) is 36.6 Å². The lowest BCUT2D eigenvalue weighted by atomic mass is 10.2. The first-order valence-electron chi connectivity index (χ1n) is 6.81. The van der Waals surface area contributed by atoms with Gasteiger partial charge < -0.3 is 9.88 Å². The number of rotatable bonds is 4. The van der Waals surface area contributed by atoms with Crippen molar-refractivity contribution < 1.29 is 0 Å². The third-order valence-corrected chi connectivity index (χ3v) is 4.37. The minimum absolute atomic E-state index is 0.763. The van der Waals surface area contributed by atoms with Crippen LogP contribution < -0.4 is 5.32 Å². The van der Waals surface area contributed by atoms with Gasteiger partial charge in [-0.2, -0.15) is 0 Å². The van der Waals surface area contributed by atoms with Crippen molar-refractivity contribution in [3.05, 3.63) is 34.9 Å². The topological polar surface area (TPSA) is 17.0 Å². The van der Waals surface area contributed by atoms with Gasteiger partial charge in [-0.25, -0.2) is 0 Å². The van der Waals surface area contributed by atoms with E-state index in [0.717, 1.165) is 23.6 Å². The van der Waals surface area contributed by atoms with E-state index in [1.54, 1.807) is 0 Å². The van der Waals surface area contributed by atoms with Crippen LogP contribution in [0.5, 0.6) is 0 Å². The highest BCUT2D eigenvalue weighted by atomic mass is 79.9. The number of hydrogen-bond acceptors (Lipinski definition) is 1. The van der Waals surface area contributed by atoms with Crippen LogP contribution in [0.3, 0.4) is 0 Å². The van der Waals surface area contributed by atoms with Crippen molar-refractivity contribution in [2.75, 3.05) is 6.54 Å². The van der Waals surface area contributed by atoms with Crippen LogP contribution in [0.4, 0.5) is 0 Å². The molecule has 1 heterocycles. The number of benzene rings is 1. The van der Waals surface area contributed by atoms with Gasteiger partial charge in [-0.05, 0) is 36.4 Å². The van der Waals surface area contributed by atoms with Crippen LogP contribution in [-0.4, -0.2) is 17.2 Å². The Morgan fingerprint density at radius 2 is 2.06 bits per heavy atom. The second kappa shape index (κ2) is 5.45. The molecule has 1 aromatic carbocycles. The van der Waals surface area contributed by atoms with Crippen LogP contribution in [0.25, 0.3) is 10.9 Å². The predicted molar refractivity (Wildman–Crippen MR) is 79.9 cm³/mol. The van der Waals surface area contributed by atoms with Crippen molar-refractivity contribution in [3.63, 3.8) is 0 Å². The average molecular weight is 307 g/mol. The highest BCUT2D eigenvalue weighted by molar-refractivity contribution is 9.10. The summed E-state index contributed by atoms with van der Waals surface area (Å²) in [5.74, 6) is 0. The lowest BCUT2D eigenvalue weighted by Crippen LogP contribution is -2.29. The van der Waals surface area contributed by atoms with Crippen LogP contribution in [0.2, 0.25) is 0 Å². The molecule has 0 radical (unpaired) electrons. The van der Waals surface area contributed by atoms with Crippen molar-refractivity contribution in [1.29, 1.82) is 0 Å². The highest BCUT2D eigenvalue weighted by Gasteiger charge is 2.13. The molecule has 0 aliphatic heterocycles. The van der Waals surface area contributed by atoms with Gasteiger partial charge in [-0.15, -0.1) is 0 Å². The van der Waals surface area contributed by atoms with E-state index in [2.05, 4.69) is 56.3 Å². The molecule has 18 heavy (non-hydrogen) atoms. The second-order valence-electron chi connectivity index (χ2n) is 5.15. The van der Waals surface area contributed by atoms with E-state index in [9.17, 15) is 0 Å². The smallest absolute Gasteiger partial charge is 0.0492 e. The SMILES string of the molecule is Brc1ccc2ccn(CCNC3CCCC3)c2c1. The summed E-state index contributed by atoms with van der Waals surface area (Å²) in [6.07, 6.45) is 7.71. The van der Waals surface area contributed by atoms with Crippen molar-refractivity contribution in [1.82, 2.24) is 9.88 Å². The zero-order valence-electron chi connectivity index (χ0n) is 10.5. The Balaban J connectivity index is 1.65. The Hall–Kier alpha value is -0.800. The van der Waals surface area contributed by atoms with Crippen LogP contribution in [0, 0.1) is 0 Å². The number of nitrogens with one attached hydrogen (secondary N) is 1. The summed E-state index contributed by atoms with van der Waals surface area (Å²) in [4.78, 5) is 0. The largest absolute Gasteiger partial charge is 0.346 e. The summed E-state index contributed by atoms with van der Waals surface area (Å²) in [6.45, 7) is 2.12. The summed E-state index contributed by atoms with van der Waals surface area (Å²) < 4.78 is 3.49. The first kappa shape index (κ1) is 12.2. The highest BCUT2D eigenvalue weighted by Crippen LogP contribution is 2.21. The molecule has 1 aliphatic rings. The molecule has 0 spiro atoms. The summed E-state index contributed by atoms with van der Waals surface area (Å²) in [6, 6.07) is 9.42. The maximum Gasteiger partial charge on any atom is 0.0492 e. The van der Waals surface area contributed by atoms with Crippen molar-refractivity contribution in [2.45, 2.75) is 38.3 Å². The standard InChI is InChI=1S/C15H19BrN2/c16-13-6-5-12-7-9-18(15(12)11-13)10-8-17-14-3-1-2-4-14/h5-7,9,11,14,17H,1-4,8,10H2. The third-order valence-electron chi connectivity index (χ3n) is 3.88. The van der Waals surface area contributed by atoms with E-state index in [1.807, 2.05) is 0 Å². The maximum atomic E-state index is 3.67. The minimum atomic E-state index is 0.763. The van der Waals surface area contributed by atoms with Gasteiger partial charge >= 0.3 is 0 Å². The normalized spacial score (nSPS) is 16.7. The Morgan fingerprint density at radius 1 is 1.22 bits per heavy atom. The first-order valence-corrected chi connectivity index (χ1v) is 7.60. The molecule has 3 rings (SSSR count). The van der Waals surface area contributed by atoms with Crippen molar-refractivity contribution in [2.24, 2.45) is 0 Å². The van der Waals surface area contributed by atoms with Gasteiger partial charge in [0.1, 0.15) is 0 Å². The molecule has 0 bridgehead atoms. The number of hydrogen-bond donors (Lipinski definition) is 1. The fourth-order valence-electron chi connectivity index (χ4n) is 2.87. The van der Waals surface area contributed by atoms with Gasteiger partial charge in [0.15, 0.2) is 0 Å². The zero-order valence-corrected chi connectivity index (χ0v) is 12.1. The minimum Gasteiger partial charge on any atom is -0.346 e. The van der Waals surface area contributed by atoms with Gasteiger partial charge in [-0.3, -0.25) is 0 Å². The summed E-state index contributed by atoms with van der Waals surface area (Å²) in [5.41, 5.74) is 1.32. The van der Waals surface area contributed by atoms with E-state index < -0.39 is 0 Å². The van der Waals surface area contributed by atoms with E-state index in [4.69, 9.17) is 0 Å². The Labute approximate surface area is 116 Å². The van der Waals surface area contributed by atoms with Crippen LogP contribution in [0.15, 0.2) is 34.9 Å². The quantitative estimate of drug-likeness (QED) is 0.905. The predicted octanol–water partition coefficient (Wildman–Crippen LogP) is 3.94. The molecule has 0 unspecified atom stereocenters. The molecule has 1 fully saturated rings. The molecule has 1 saturated carbocycles. The van der Waals surface area contributed by atoms with Gasteiger partial charge in [0.25, 0.3) is 0 Å². The first-order chi connectivity index (χ1) is 8.83. The van der Waals surface area contributed by atoms with Crippen molar-refractivity contribution >= 4 is 26.8 Å².